The molecule has 1 saturated carbocycles. The van der Waals surface area contributed by atoms with Crippen molar-refractivity contribution in [2.24, 2.45) is 5.92 Å². The highest BCUT2D eigenvalue weighted by atomic mass is 16.1. The molecule has 0 saturated heterocycles. The van der Waals surface area contributed by atoms with E-state index >= 15 is 0 Å². The Balaban J connectivity index is 1.85. The Labute approximate surface area is 103 Å². The first-order chi connectivity index (χ1) is 8.29. The molecule has 2 rings (SSSR count). The number of aryl methyl sites for hydroxylation is 1. The van der Waals surface area contributed by atoms with Crippen LogP contribution < -0.4 is 10.7 Å². The van der Waals surface area contributed by atoms with Gasteiger partial charge in [-0.1, -0.05) is 13.3 Å². The van der Waals surface area contributed by atoms with E-state index in [-0.39, 0.29) is 5.43 Å². The zero-order chi connectivity index (χ0) is 12.1. The maximum absolute atomic E-state index is 11.0. The number of aromatic nitrogens is 1. The van der Waals surface area contributed by atoms with Crippen molar-refractivity contribution in [1.29, 1.82) is 0 Å². The molecule has 94 valence electrons. The lowest BCUT2D eigenvalue weighted by atomic mass is 9.99. The molecule has 3 nitrogen and oxygen atoms in total. The van der Waals surface area contributed by atoms with Gasteiger partial charge in [0.1, 0.15) is 0 Å². The normalized spacial score (nSPS) is 24.1. The first-order valence-corrected chi connectivity index (χ1v) is 6.69. The number of nitrogens with one attached hydrogen (secondary N) is 1. The van der Waals surface area contributed by atoms with Gasteiger partial charge < -0.3 is 9.88 Å². The molecular formula is C14H22N2O. The molecule has 17 heavy (non-hydrogen) atoms. The smallest absolute Gasteiger partial charge is 0.181 e. The number of hydrogen-bond donors (Lipinski definition) is 1. The third-order valence-electron chi connectivity index (χ3n) is 3.74. The van der Waals surface area contributed by atoms with Gasteiger partial charge in [-0.3, -0.25) is 4.79 Å². The second-order valence-electron chi connectivity index (χ2n) is 4.92. The van der Waals surface area contributed by atoms with Crippen LogP contribution in [0.3, 0.4) is 0 Å². The van der Waals surface area contributed by atoms with Gasteiger partial charge in [0.2, 0.25) is 0 Å². The first-order valence-electron chi connectivity index (χ1n) is 6.69. The fourth-order valence-corrected chi connectivity index (χ4v) is 2.82. The molecule has 0 aromatic carbocycles. The highest BCUT2D eigenvalue weighted by Gasteiger charge is 2.25. The van der Waals surface area contributed by atoms with Crippen LogP contribution in [0.25, 0.3) is 0 Å². The quantitative estimate of drug-likeness (QED) is 0.845. The van der Waals surface area contributed by atoms with Crippen molar-refractivity contribution in [3.63, 3.8) is 0 Å². The Morgan fingerprint density at radius 1 is 1.35 bits per heavy atom. The van der Waals surface area contributed by atoms with Crippen LogP contribution in [-0.2, 0) is 6.54 Å². The van der Waals surface area contributed by atoms with Crippen LogP contribution in [0.5, 0.6) is 0 Å². The minimum Gasteiger partial charge on any atom is -0.354 e. The van der Waals surface area contributed by atoms with Crippen molar-refractivity contribution in [3.8, 4) is 0 Å². The van der Waals surface area contributed by atoms with Gasteiger partial charge in [-0.2, -0.15) is 0 Å². The van der Waals surface area contributed by atoms with Crippen LogP contribution in [0, 0.1) is 5.92 Å². The fraction of sp³-hybridized carbons (Fsp3) is 0.643. The lowest BCUT2D eigenvalue weighted by molar-refractivity contribution is 0.366. The third-order valence-corrected chi connectivity index (χ3v) is 3.74. The van der Waals surface area contributed by atoms with E-state index in [0.717, 1.165) is 19.0 Å². The zero-order valence-electron chi connectivity index (χ0n) is 10.6. The number of hydrogen-bond acceptors (Lipinski definition) is 2. The molecule has 0 bridgehead atoms. The standard InChI is InChI=1S/C14H22N2O/c1-2-15-14-5-3-4-12(14)6-9-16-10-7-13(17)8-11-16/h7-8,10-12,14-15H,2-6,9H2,1H3. The Kier molecular flexibility index (Phi) is 4.37. The highest BCUT2D eigenvalue weighted by molar-refractivity contribution is 4.94. The molecular weight excluding hydrogens is 212 g/mol. The van der Waals surface area contributed by atoms with E-state index < -0.39 is 0 Å². The summed E-state index contributed by atoms with van der Waals surface area (Å²) < 4.78 is 2.11. The number of nitrogens with zero attached hydrogens (tertiary/aromatic N) is 1. The van der Waals surface area contributed by atoms with Crippen molar-refractivity contribution < 1.29 is 0 Å². The van der Waals surface area contributed by atoms with E-state index in [1.807, 2.05) is 12.4 Å². The number of rotatable bonds is 5. The maximum Gasteiger partial charge on any atom is 0.181 e. The second-order valence-corrected chi connectivity index (χ2v) is 4.92. The summed E-state index contributed by atoms with van der Waals surface area (Å²) in [4.78, 5) is 11.0. The van der Waals surface area contributed by atoms with Crippen LogP contribution >= 0.6 is 0 Å². The van der Waals surface area contributed by atoms with Gasteiger partial charge in [-0.15, -0.1) is 0 Å². The molecule has 1 aliphatic rings. The molecule has 0 radical (unpaired) electrons. The van der Waals surface area contributed by atoms with Crippen molar-refractivity contribution >= 4 is 0 Å². The lowest BCUT2D eigenvalue weighted by Gasteiger charge is -2.20. The number of pyridine rings is 1. The fourth-order valence-electron chi connectivity index (χ4n) is 2.82. The SMILES string of the molecule is CCNC1CCCC1CCn1ccc(=O)cc1. The zero-order valence-corrected chi connectivity index (χ0v) is 10.6. The molecule has 2 atom stereocenters. The summed E-state index contributed by atoms with van der Waals surface area (Å²) in [6, 6.07) is 3.98. The van der Waals surface area contributed by atoms with E-state index in [4.69, 9.17) is 0 Å². The van der Waals surface area contributed by atoms with Crippen molar-refractivity contribution in [3.05, 3.63) is 34.7 Å². The predicted octanol–water partition coefficient (Wildman–Crippen LogP) is 2.02. The molecule has 1 aromatic rings. The molecule has 3 heteroatoms. The van der Waals surface area contributed by atoms with Crippen molar-refractivity contribution in [1.82, 2.24) is 9.88 Å². The van der Waals surface area contributed by atoms with Gasteiger partial charge in [0, 0.05) is 37.1 Å². The summed E-state index contributed by atoms with van der Waals surface area (Å²) in [5.41, 5.74) is 0.0904. The Bertz CT molecular complexity index is 379. The van der Waals surface area contributed by atoms with Crippen molar-refractivity contribution in [2.45, 2.75) is 45.2 Å². The van der Waals surface area contributed by atoms with Gasteiger partial charge in [0.05, 0.1) is 0 Å². The van der Waals surface area contributed by atoms with Gasteiger partial charge in [0.15, 0.2) is 5.43 Å². The molecule has 0 aliphatic heterocycles. The predicted molar refractivity (Wildman–Crippen MR) is 70.1 cm³/mol. The minimum absolute atomic E-state index is 0.0904. The summed E-state index contributed by atoms with van der Waals surface area (Å²) in [5.74, 6) is 0.800. The van der Waals surface area contributed by atoms with Gasteiger partial charge in [-0.25, -0.2) is 0 Å². The van der Waals surface area contributed by atoms with E-state index in [9.17, 15) is 4.79 Å². The van der Waals surface area contributed by atoms with E-state index in [2.05, 4.69) is 16.8 Å². The Morgan fingerprint density at radius 3 is 2.82 bits per heavy atom. The molecule has 2 unspecified atom stereocenters. The van der Waals surface area contributed by atoms with Gasteiger partial charge >= 0.3 is 0 Å². The summed E-state index contributed by atoms with van der Waals surface area (Å²) in [5, 5.41) is 3.58. The summed E-state index contributed by atoms with van der Waals surface area (Å²) in [7, 11) is 0. The molecule has 1 N–H and O–H groups in total. The largest absolute Gasteiger partial charge is 0.354 e. The van der Waals surface area contributed by atoms with Gasteiger partial charge in [0.25, 0.3) is 0 Å². The van der Waals surface area contributed by atoms with Gasteiger partial charge in [-0.05, 0) is 31.7 Å². The topological polar surface area (TPSA) is 34.0 Å². The second kappa shape index (κ2) is 6.01. The highest BCUT2D eigenvalue weighted by Crippen LogP contribution is 2.28. The summed E-state index contributed by atoms with van der Waals surface area (Å²) in [6.45, 7) is 4.27. The molecule has 1 heterocycles. The third kappa shape index (κ3) is 3.43. The first kappa shape index (κ1) is 12.4. The maximum atomic E-state index is 11.0. The lowest BCUT2D eigenvalue weighted by Crippen LogP contribution is -2.32. The van der Waals surface area contributed by atoms with Crippen LogP contribution in [0.2, 0.25) is 0 Å². The van der Waals surface area contributed by atoms with E-state index in [1.165, 1.54) is 25.7 Å². The Hall–Kier alpha value is -1.09. The molecule has 1 aromatic heterocycles. The van der Waals surface area contributed by atoms with Crippen LogP contribution in [0.15, 0.2) is 29.3 Å². The van der Waals surface area contributed by atoms with E-state index in [1.54, 1.807) is 12.1 Å². The summed E-state index contributed by atoms with van der Waals surface area (Å²) >= 11 is 0. The van der Waals surface area contributed by atoms with Crippen LogP contribution in [0.1, 0.15) is 32.6 Å². The molecule has 0 spiro atoms. The average Bonchev–Trinajstić information content (AvgIpc) is 2.77. The minimum atomic E-state index is 0.0904. The molecule has 1 fully saturated rings. The average molecular weight is 234 g/mol. The Morgan fingerprint density at radius 2 is 2.12 bits per heavy atom. The van der Waals surface area contributed by atoms with Crippen LogP contribution in [-0.4, -0.2) is 17.2 Å². The van der Waals surface area contributed by atoms with Crippen molar-refractivity contribution in [2.75, 3.05) is 6.54 Å². The molecule has 0 amide bonds. The van der Waals surface area contributed by atoms with E-state index in [0.29, 0.717) is 6.04 Å². The molecule has 1 aliphatic carbocycles. The summed E-state index contributed by atoms with van der Waals surface area (Å²) in [6.07, 6.45) is 9.01. The monoisotopic (exact) mass is 234 g/mol. The van der Waals surface area contributed by atoms with Crippen LogP contribution in [0.4, 0.5) is 0 Å².